The molecule has 7 nitrogen and oxygen atoms in total. The van der Waals surface area contributed by atoms with Gasteiger partial charge in [-0.15, -0.1) is 0 Å². The second-order valence-corrected chi connectivity index (χ2v) is 9.00. The van der Waals surface area contributed by atoms with Gasteiger partial charge in [0.15, 0.2) is 0 Å². The zero-order valence-electron chi connectivity index (χ0n) is 16.6. The number of nitrogens with zero attached hydrogens (tertiary/aromatic N) is 1. The van der Waals surface area contributed by atoms with Crippen molar-refractivity contribution in [1.82, 2.24) is 5.32 Å². The van der Waals surface area contributed by atoms with E-state index in [1.807, 2.05) is 0 Å². The number of hydrogen-bond donors (Lipinski definition) is 3. The number of fused-ring (bicyclic) bond motifs is 3. The molecule has 0 atom stereocenters. The number of sulfonamides is 1. The van der Waals surface area contributed by atoms with Crippen molar-refractivity contribution in [3.8, 4) is 11.1 Å². The first-order valence-electron chi connectivity index (χ1n) is 9.54. The minimum Gasteiger partial charge on any atom is -0.396 e. The van der Waals surface area contributed by atoms with Crippen LogP contribution in [0.25, 0.3) is 11.1 Å². The number of nitrogens with one attached hydrogen (secondary N) is 1. The number of carbonyl (C=O) groups excluding carboxylic acids is 1. The van der Waals surface area contributed by atoms with E-state index in [9.17, 15) is 30.8 Å². The molecule has 12 heteroatoms. The molecule has 0 bridgehead atoms. The summed E-state index contributed by atoms with van der Waals surface area (Å²) >= 11 is 0. The number of halogens is 4. The van der Waals surface area contributed by atoms with Crippen LogP contribution < -0.4 is 9.62 Å². The van der Waals surface area contributed by atoms with Crippen LogP contribution in [-0.4, -0.2) is 50.3 Å². The van der Waals surface area contributed by atoms with Gasteiger partial charge in [0.25, 0.3) is 10.0 Å². The molecular weight excluding hydrogens is 456 g/mol. The number of aliphatic hydroxyl groups excluding tert-OH is 2. The first-order chi connectivity index (χ1) is 15.0. The average Bonchev–Trinajstić information content (AvgIpc) is 2.70. The third kappa shape index (κ3) is 4.71. The number of anilines is 1. The molecule has 2 aromatic rings. The molecule has 0 saturated carbocycles. The van der Waals surface area contributed by atoms with E-state index in [0.29, 0.717) is 16.4 Å². The summed E-state index contributed by atoms with van der Waals surface area (Å²) < 4.78 is 80.5. The molecule has 0 aliphatic carbocycles. The Morgan fingerprint density at radius 1 is 1.03 bits per heavy atom. The molecule has 0 fully saturated rings. The summed E-state index contributed by atoms with van der Waals surface area (Å²) in [7, 11) is -4.47. The first-order valence-corrected chi connectivity index (χ1v) is 11.0. The summed E-state index contributed by atoms with van der Waals surface area (Å²) in [4.78, 5) is 12.0. The van der Waals surface area contributed by atoms with Gasteiger partial charge in [0.1, 0.15) is 12.4 Å². The molecule has 1 heterocycles. The lowest BCUT2D eigenvalue weighted by molar-refractivity contribution is -0.137. The van der Waals surface area contributed by atoms with E-state index in [2.05, 4.69) is 5.32 Å². The molecule has 3 rings (SSSR count). The third-order valence-corrected chi connectivity index (χ3v) is 6.80. The van der Waals surface area contributed by atoms with Gasteiger partial charge in [-0.2, -0.15) is 13.2 Å². The van der Waals surface area contributed by atoms with Crippen LogP contribution in [0.4, 0.5) is 23.2 Å². The van der Waals surface area contributed by atoms with E-state index in [1.165, 1.54) is 0 Å². The molecule has 1 aliphatic rings. The van der Waals surface area contributed by atoms with Crippen molar-refractivity contribution in [3.63, 3.8) is 0 Å². The summed E-state index contributed by atoms with van der Waals surface area (Å²) in [6.07, 6.45) is -4.48. The van der Waals surface area contributed by atoms with Crippen molar-refractivity contribution >= 4 is 21.6 Å². The third-order valence-electron chi connectivity index (χ3n) is 5.00. The van der Waals surface area contributed by atoms with E-state index in [1.54, 1.807) is 0 Å². The Labute approximate surface area is 181 Å². The zero-order valence-corrected chi connectivity index (χ0v) is 17.4. The smallest absolute Gasteiger partial charge is 0.396 e. The lowest BCUT2D eigenvalue weighted by atomic mass is 10.00. The Kier molecular flexibility index (Phi) is 6.77. The molecule has 1 amide bonds. The number of hydrogen-bond acceptors (Lipinski definition) is 5. The van der Waals surface area contributed by atoms with E-state index >= 15 is 0 Å². The number of aliphatic hydroxyl groups is 2. The Morgan fingerprint density at radius 3 is 2.28 bits per heavy atom. The van der Waals surface area contributed by atoms with Gasteiger partial charge >= 0.3 is 6.18 Å². The fourth-order valence-electron chi connectivity index (χ4n) is 3.50. The molecule has 0 unspecified atom stereocenters. The minimum absolute atomic E-state index is 0.109. The zero-order chi connectivity index (χ0) is 23.7. The molecule has 0 aromatic heterocycles. The Hall–Kier alpha value is -2.70. The minimum atomic E-state index is -4.70. The van der Waals surface area contributed by atoms with Gasteiger partial charge in [0.05, 0.1) is 16.1 Å². The van der Waals surface area contributed by atoms with Gasteiger partial charge in [0, 0.05) is 30.4 Å². The van der Waals surface area contributed by atoms with Gasteiger partial charge < -0.3 is 15.5 Å². The lowest BCUT2D eigenvalue weighted by Crippen LogP contribution is -2.46. The maximum Gasteiger partial charge on any atom is 0.416 e. The van der Waals surface area contributed by atoms with Gasteiger partial charge in [-0.05, 0) is 43.2 Å². The summed E-state index contributed by atoms with van der Waals surface area (Å²) in [6.45, 7) is -1.37. The van der Waals surface area contributed by atoms with Crippen LogP contribution in [0.1, 0.15) is 18.4 Å². The first kappa shape index (κ1) is 24.0. The van der Waals surface area contributed by atoms with Gasteiger partial charge in [-0.25, -0.2) is 12.8 Å². The predicted octanol–water partition coefficient (Wildman–Crippen LogP) is 2.27. The molecule has 3 N–H and O–H groups in total. The van der Waals surface area contributed by atoms with Crippen molar-refractivity contribution in [1.29, 1.82) is 0 Å². The molecule has 174 valence electrons. The van der Waals surface area contributed by atoms with Gasteiger partial charge in [-0.1, -0.05) is 6.07 Å². The van der Waals surface area contributed by atoms with Crippen LogP contribution in [0.2, 0.25) is 0 Å². The molecule has 1 aliphatic heterocycles. The van der Waals surface area contributed by atoms with E-state index in [4.69, 9.17) is 10.2 Å². The summed E-state index contributed by atoms with van der Waals surface area (Å²) in [5, 5.41) is 20.6. The molecule has 2 aromatic carbocycles. The number of carbonyl (C=O) groups is 1. The predicted molar refractivity (Wildman–Crippen MR) is 107 cm³/mol. The van der Waals surface area contributed by atoms with Crippen LogP contribution in [-0.2, 0) is 21.0 Å². The number of amides is 1. The number of rotatable bonds is 7. The molecule has 0 spiro atoms. The van der Waals surface area contributed by atoms with Gasteiger partial charge in [-0.3, -0.25) is 9.10 Å². The van der Waals surface area contributed by atoms with Crippen molar-refractivity contribution in [2.75, 3.05) is 24.1 Å². The van der Waals surface area contributed by atoms with Crippen LogP contribution in [0.15, 0.2) is 41.3 Å². The maximum atomic E-state index is 13.8. The van der Waals surface area contributed by atoms with Gasteiger partial charge in [0.2, 0.25) is 5.91 Å². The standard InChI is InChI=1S/C20H20F4N2O5S/c21-13-2-3-15-16-9-12(20(22,23)24)1-4-17(16)26(32(30,31)18(15)10-13)11-19(29)25-14(5-7-27)6-8-28/h1-4,9-10,14,27-28H,5-8,11H2,(H,25,29). The highest BCUT2D eigenvalue weighted by atomic mass is 32.2. The average molecular weight is 476 g/mol. The van der Waals surface area contributed by atoms with Crippen LogP contribution in [0.5, 0.6) is 0 Å². The summed E-state index contributed by atoms with van der Waals surface area (Å²) in [5.41, 5.74) is -1.41. The summed E-state index contributed by atoms with van der Waals surface area (Å²) in [5.74, 6) is -1.70. The highest BCUT2D eigenvalue weighted by Gasteiger charge is 2.39. The molecule has 0 radical (unpaired) electrons. The van der Waals surface area contributed by atoms with Crippen LogP contribution in [0.3, 0.4) is 0 Å². The normalized spacial score (nSPS) is 14.8. The van der Waals surface area contributed by atoms with Crippen molar-refractivity contribution in [3.05, 3.63) is 47.8 Å². The quantitative estimate of drug-likeness (QED) is 0.532. The molecule has 0 saturated heterocycles. The van der Waals surface area contributed by atoms with E-state index < -0.39 is 51.0 Å². The highest BCUT2D eigenvalue weighted by Crippen LogP contribution is 2.45. The number of benzene rings is 2. The Balaban J connectivity index is 2.07. The largest absolute Gasteiger partial charge is 0.416 e. The number of alkyl halides is 3. The maximum absolute atomic E-state index is 13.8. The van der Waals surface area contributed by atoms with Crippen LogP contribution >= 0.6 is 0 Å². The Morgan fingerprint density at radius 2 is 1.69 bits per heavy atom. The monoisotopic (exact) mass is 476 g/mol. The van der Waals surface area contributed by atoms with E-state index in [0.717, 1.165) is 24.3 Å². The fraction of sp³-hybridized carbons (Fsp3) is 0.350. The SMILES string of the molecule is O=C(CN1c2ccc(C(F)(F)F)cc2-c2ccc(F)cc2S1(=O)=O)NC(CCO)CCO. The fourth-order valence-corrected chi connectivity index (χ4v) is 5.16. The van der Waals surface area contributed by atoms with E-state index in [-0.39, 0.29) is 42.9 Å². The molecular formula is C20H20F4N2O5S. The van der Waals surface area contributed by atoms with Crippen molar-refractivity contribution in [2.24, 2.45) is 0 Å². The second-order valence-electron chi connectivity index (χ2n) is 7.17. The second kappa shape index (κ2) is 9.04. The lowest BCUT2D eigenvalue weighted by Gasteiger charge is -2.32. The van der Waals surface area contributed by atoms with Crippen molar-refractivity contribution in [2.45, 2.75) is 30.0 Å². The molecule has 32 heavy (non-hydrogen) atoms. The van der Waals surface area contributed by atoms with Crippen LogP contribution in [0, 0.1) is 5.82 Å². The highest BCUT2D eigenvalue weighted by molar-refractivity contribution is 7.93. The van der Waals surface area contributed by atoms with Crippen molar-refractivity contribution < 1.29 is 41.0 Å². The topological polar surface area (TPSA) is 107 Å². The Bertz CT molecular complexity index is 1120. The summed E-state index contributed by atoms with van der Waals surface area (Å²) in [6, 6.07) is 4.49.